The van der Waals surface area contributed by atoms with Crippen molar-refractivity contribution in [2.75, 3.05) is 13.1 Å². The van der Waals surface area contributed by atoms with Gasteiger partial charge in [0.15, 0.2) is 0 Å². The van der Waals surface area contributed by atoms with Crippen LogP contribution in [0.25, 0.3) is 16.6 Å². The molecule has 1 aliphatic carbocycles. The Labute approximate surface area is 164 Å². The first-order valence-electron chi connectivity index (χ1n) is 10.3. The van der Waals surface area contributed by atoms with Gasteiger partial charge in [0.2, 0.25) is 0 Å². The van der Waals surface area contributed by atoms with Gasteiger partial charge in [-0.1, -0.05) is 35.5 Å². The van der Waals surface area contributed by atoms with Crippen molar-refractivity contribution in [2.45, 2.75) is 38.0 Å². The number of H-pyrrole nitrogens is 1. The fourth-order valence-corrected chi connectivity index (χ4v) is 4.52. The standard InChI is InChI=1S/C22H26N6/c1-2-4-16(5-3-1)10-12-23-14-17-6-8-18(9-7-17)20-21-19-11-13-24-22(19)25-15-28(21)27-26-20/h1-5,11,13,15,17-18,23-24H,6-10,12,14H2. The topological polar surface area (TPSA) is 70.9 Å². The fraction of sp³-hybridized carbons (Fsp3) is 0.409. The van der Waals surface area contributed by atoms with E-state index in [1.54, 1.807) is 6.33 Å². The van der Waals surface area contributed by atoms with Crippen LogP contribution in [0.1, 0.15) is 42.9 Å². The van der Waals surface area contributed by atoms with E-state index in [0.717, 1.165) is 47.7 Å². The van der Waals surface area contributed by atoms with Crippen LogP contribution < -0.4 is 5.32 Å². The van der Waals surface area contributed by atoms with Gasteiger partial charge in [0.1, 0.15) is 17.5 Å². The Morgan fingerprint density at radius 1 is 1.07 bits per heavy atom. The zero-order valence-corrected chi connectivity index (χ0v) is 16.0. The van der Waals surface area contributed by atoms with Crippen molar-refractivity contribution in [1.82, 2.24) is 30.1 Å². The van der Waals surface area contributed by atoms with Crippen molar-refractivity contribution in [3.8, 4) is 0 Å². The maximum atomic E-state index is 4.53. The zero-order chi connectivity index (χ0) is 18.8. The summed E-state index contributed by atoms with van der Waals surface area (Å²) < 4.78 is 1.82. The maximum absolute atomic E-state index is 4.53. The molecule has 1 aliphatic rings. The van der Waals surface area contributed by atoms with Crippen LogP contribution in [-0.4, -0.2) is 37.9 Å². The van der Waals surface area contributed by atoms with Crippen molar-refractivity contribution in [3.63, 3.8) is 0 Å². The van der Waals surface area contributed by atoms with Gasteiger partial charge >= 0.3 is 0 Å². The van der Waals surface area contributed by atoms with Crippen molar-refractivity contribution >= 4 is 16.6 Å². The van der Waals surface area contributed by atoms with E-state index in [2.05, 4.69) is 62.0 Å². The molecule has 0 aliphatic heterocycles. The van der Waals surface area contributed by atoms with Crippen LogP contribution in [0.5, 0.6) is 0 Å². The number of nitrogens with zero attached hydrogens (tertiary/aromatic N) is 4. The van der Waals surface area contributed by atoms with Crippen LogP contribution in [0.2, 0.25) is 0 Å². The summed E-state index contributed by atoms with van der Waals surface area (Å²) in [5.41, 5.74) is 4.58. The molecule has 3 heterocycles. The number of fused-ring (bicyclic) bond motifs is 3. The van der Waals surface area contributed by atoms with E-state index in [0.29, 0.717) is 5.92 Å². The van der Waals surface area contributed by atoms with Gasteiger partial charge in [-0.2, -0.15) is 0 Å². The molecule has 0 bridgehead atoms. The molecule has 6 heteroatoms. The highest BCUT2D eigenvalue weighted by molar-refractivity contribution is 5.92. The average molecular weight is 374 g/mol. The molecule has 0 saturated heterocycles. The lowest BCUT2D eigenvalue weighted by Crippen LogP contribution is -2.27. The molecule has 1 saturated carbocycles. The smallest absolute Gasteiger partial charge is 0.141 e. The van der Waals surface area contributed by atoms with E-state index in [1.165, 1.54) is 31.2 Å². The van der Waals surface area contributed by atoms with Gasteiger partial charge in [0.25, 0.3) is 0 Å². The van der Waals surface area contributed by atoms with Gasteiger partial charge < -0.3 is 10.3 Å². The van der Waals surface area contributed by atoms with Crippen LogP contribution in [0.3, 0.4) is 0 Å². The molecular formula is C22H26N6. The van der Waals surface area contributed by atoms with E-state index < -0.39 is 0 Å². The third-order valence-corrected chi connectivity index (χ3v) is 6.10. The van der Waals surface area contributed by atoms with Crippen molar-refractivity contribution in [3.05, 3.63) is 60.2 Å². The number of aromatic amines is 1. The second kappa shape index (κ2) is 7.72. The highest BCUT2D eigenvalue weighted by Crippen LogP contribution is 2.37. The van der Waals surface area contributed by atoms with E-state index in [-0.39, 0.29) is 0 Å². The molecule has 144 valence electrons. The predicted molar refractivity (Wildman–Crippen MR) is 110 cm³/mol. The largest absolute Gasteiger partial charge is 0.346 e. The second-order valence-electron chi connectivity index (χ2n) is 7.91. The van der Waals surface area contributed by atoms with E-state index >= 15 is 0 Å². The van der Waals surface area contributed by atoms with Crippen LogP contribution in [0.4, 0.5) is 0 Å². The third kappa shape index (κ3) is 3.40. The maximum Gasteiger partial charge on any atom is 0.141 e. The molecule has 0 radical (unpaired) electrons. The molecule has 0 unspecified atom stereocenters. The molecular weight excluding hydrogens is 348 g/mol. The Bertz CT molecular complexity index is 1040. The molecule has 6 nitrogen and oxygen atoms in total. The number of aromatic nitrogens is 5. The lowest BCUT2D eigenvalue weighted by molar-refractivity contribution is 0.313. The van der Waals surface area contributed by atoms with Gasteiger partial charge in [0.05, 0.1) is 5.69 Å². The average Bonchev–Trinajstić information content (AvgIpc) is 3.39. The molecule has 1 aromatic carbocycles. The lowest BCUT2D eigenvalue weighted by Gasteiger charge is -2.27. The molecule has 0 atom stereocenters. The van der Waals surface area contributed by atoms with Gasteiger partial charge in [-0.05, 0) is 62.7 Å². The summed E-state index contributed by atoms with van der Waals surface area (Å²) >= 11 is 0. The van der Waals surface area contributed by atoms with Crippen LogP contribution in [-0.2, 0) is 6.42 Å². The molecule has 3 aromatic heterocycles. The predicted octanol–water partition coefficient (Wildman–Crippen LogP) is 3.71. The van der Waals surface area contributed by atoms with Crippen molar-refractivity contribution < 1.29 is 0 Å². The van der Waals surface area contributed by atoms with E-state index in [4.69, 9.17) is 0 Å². The Balaban J connectivity index is 1.17. The highest BCUT2D eigenvalue weighted by Gasteiger charge is 2.26. The summed E-state index contributed by atoms with van der Waals surface area (Å²) in [6, 6.07) is 12.8. The fourth-order valence-electron chi connectivity index (χ4n) is 4.52. The molecule has 1 fully saturated rings. The van der Waals surface area contributed by atoms with Crippen LogP contribution in [0, 0.1) is 5.92 Å². The summed E-state index contributed by atoms with van der Waals surface area (Å²) in [7, 11) is 0. The molecule has 0 spiro atoms. The SMILES string of the molecule is c1ccc(CCNCC2CCC(c3nnn4cnc5[nH]ccc5c34)CC2)cc1. The Morgan fingerprint density at radius 3 is 2.79 bits per heavy atom. The third-order valence-electron chi connectivity index (χ3n) is 6.10. The minimum atomic E-state index is 0.499. The quantitative estimate of drug-likeness (QED) is 0.505. The number of nitrogens with one attached hydrogen (secondary N) is 2. The molecule has 5 rings (SSSR count). The van der Waals surface area contributed by atoms with Crippen LogP contribution >= 0.6 is 0 Å². The summed E-state index contributed by atoms with van der Waals surface area (Å²) in [5.74, 6) is 1.27. The summed E-state index contributed by atoms with van der Waals surface area (Å²) in [6.07, 6.45) is 9.68. The number of benzene rings is 1. The minimum Gasteiger partial charge on any atom is -0.346 e. The minimum absolute atomic E-state index is 0.499. The molecule has 4 aromatic rings. The second-order valence-corrected chi connectivity index (χ2v) is 7.91. The first-order chi connectivity index (χ1) is 13.9. The summed E-state index contributed by atoms with van der Waals surface area (Å²) in [4.78, 5) is 7.59. The molecule has 2 N–H and O–H groups in total. The summed E-state index contributed by atoms with van der Waals surface area (Å²) in [6.45, 7) is 2.17. The summed E-state index contributed by atoms with van der Waals surface area (Å²) in [5, 5.41) is 13.6. The van der Waals surface area contributed by atoms with Crippen molar-refractivity contribution in [1.29, 1.82) is 0 Å². The number of hydrogen-bond acceptors (Lipinski definition) is 4. The molecule has 28 heavy (non-hydrogen) atoms. The molecule has 0 amide bonds. The van der Waals surface area contributed by atoms with Gasteiger partial charge in [-0.25, -0.2) is 9.50 Å². The van der Waals surface area contributed by atoms with E-state index in [9.17, 15) is 0 Å². The lowest BCUT2D eigenvalue weighted by atomic mass is 9.80. The van der Waals surface area contributed by atoms with Gasteiger partial charge in [-0.3, -0.25) is 0 Å². The Kier molecular flexibility index (Phi) is 4.79. The highest BCUT2D eigenvalue weighted by atomic mass is 15.4. The Morgan fingerprint density at radius 2 is 1.93 bits per heavy atom. The van der Waals surface area contributed by atoms with Crippen LogP contribution in [0.15, 0.2) is 48.9 Å². The number of rotatable bonds is 6. The van der Waals surface area contributed by atoms with E-state index in [1.807, 2.05) is 10.7 Å². The zero-order valence-electron chi connectivity index (χ0n) is 16.0. The normalized spacial score (nSPS) is 20.1. The van der Waals surface area contributed by atoms with Gasteiger partial charge in [-0.15, -0.1) is 5.10 Å². The first-order valence-corrected chi connectivity index (χ1v) is 10.3. The van der Waals surface area contributed by atoms with Crippen molar-refractivity contribution in [2.24, 2.45) is 5.92 Å². The monoisotopic (exact) mass is 374 g/mol. The van der Waals surface area contributed by atoms with Gasteiger partial charge in [0, 0.05) is 17.5 Å². The Hall–Kier alpha value is -2.73. The first kappa shape index (κ1) is 17.4. The number of hydrogen-bond donors (Lipinski definition) is 2.